The number of hydrogen-bond acceptors (Lipinski definition) is 6. The highest BCUT2D eigenvalue weighted by Gasteiger charge is 2.24. The van der Waals surface area contributed by atoms with Crippen LogP contribution in [0.25, 0.3) is 11.5 Å². The minimum absolute atomic E-state index is 0.0497. The molecule has 3 aromatic rings. The van der Waals surface area contributed by atoms with E-state index in [2.05, 4.69) is 10.3 Å². The Labute approximate surface area is 190 Å². The Morgan fingerprint density at radius 2 is 1.94 bits per heavy atom. The highest BCUT2D eigenvalue weighted by atomic mass is 35.5. The van der Waals surface area contributed by atoms with Crippen molar-refractivity contribution in [3.8, 4) is 11.5 Å². The normalized spacial score (nSPS) is 11.7. The largest absolute Gasteiger partial charge is 0.458 e. The summed E-state index contributed by atoms with van der Waals surface area (Å²) < 4.78 is 10.9. The molecule has 2 aromatic carbocycles. The van der Waals surface area contributed by atoms with Crippen molar-refractivity contribution in [2.45, 2.75) is 26.0 Å². The van der Waals surface area contributed by atoms with E-state index in [0.717, 1.165) is 11.1 Å². The fourth-order valence-electron chi connectivity index (χ4n) is 2.81. The van der Waals surface area contributed by atoms with Crippen molar-refractivity contribution < 1.29 is 18.7 Å². The van der Waals surface area contributed by atoms with E-state index in [0.29, 0.717) is 34.3 Å². The quantitative estimate of drug-likeness (QED) is 0.459. The first-order chi connectivity index (χ1) is 15.0. The summed E-state index contributed by atoms with van der Waals surface area (Å²) in [5.41, 5.74) is 2.78. The van der Waals surface area contributed by atoms with E-state index < -0.39 is 17.9 Å². The van der Waals surface area contributed by atoms with Crippen LogP contribution in [0.2, 0.25) is 5.02 Å². The monoisotopic (exact) mass is 458 g/mol. The summed E-state index contributed by atoms with van der Waals surface area (Å²) in [5, 5.41) is 3.05. The number of carbonyl (C=O) groups is 2. The molecule has 1 heterocycles. The number of benzene rings is 2. The Morgan fingerprint density at radius 3 is 2.65 bits per heavy atom. The van der Waals surface area contributed by atoms with Gasteiger partial charge in [0.25, 0.3) is 5.91 Å². The number of aryl methyl sites for hydroxylation is 1. The van der Waals surface area contributed by atoms with Crippen LogP contribution in [0.3, 0.4) is 0 Å². The Bertz CT molecular complexity index is 1040. The van der Waals surface area contributed by atoms with Gasteiger partial charge in [0.05, 0.1) is 10.6 Å². The SMILES string of the molecule is CSCCC(NC(=O)c1ccccc1Cl)C(=O)OCc1coc(-c2ccc(C)cc2)n1. The minimum atomic E-state index is -0.792. The van der Waals surface area contributed by atoms with Crippen LogP contribution in [0.5, 0.6) is 0 Å². The molecule has 8 heteroatoms. The number of amides is 1. The summed E-state index contributed by atoms with van der Waals surface area (Å²) >= 11 is 7.67. The smallest absolute Gasteiger partial charge is 0.329 e. The van der Waals surface area contributed by atoms with Gasteiger partial charge in [-0.1, -0.05) is 41.4 Å². The molecule has 0 spiro atoms. The van der Waals surface area contributed by atoms with E-state index in [-0.39, 0.29) is 6.61 Å². The first kappa shape index (κ1) is 22.9. The fourth-order valence-corrected chi connectivity index (χ4v) is 3.51. The molecule has 3 rings (SSSR count). The molecule has 1 amide bonds. The standard InChI is InChI=1S/C23H23ClN2O4S/c1-15-7-9-16(10-8-15)22-25-17(13-29-22)14-30-23(28)20(11-12-31-2)26-21(27)18-5-3-4-6-19(18)24/h3-10,13,20H,11-12,14H2,1-2H3,(H,26,27). The van der Waals surface area contributed by atoms with Crippen LogP contribution in [0.1, 0.15) is 28.0 Å². The predicted molar refractivity (Wildman–Crippen MR) is 122 cm³/mol. The van der Waals surface area contributed by atoms with Gasteiger partial charge in [-0.3, -0.25) is 4.79 Å². The van der Waals surface area contributed by atoms with E-state index in [4.69, 9.17) is 20.8 Å². The average molecular weight is 459 g/mol. The predicted octanol–water partition coefficient (Wildman–Crippen LogP) is 4.90. The lowest BCUT2D eigenvalue weighted by Gasteiger charge is -2.17. The van der Waals surface area contributed by atoms with Gasteiger partial charge in [-0.05, 0) is 49.6 Å². The number of thioether (sulfide) groups is 1. The van der Waals surface area contributed by atoms with Crippen molar-refractivity contribution in [3.63, 3.8) is 0 Å². The minimum Gasteiger partial charge on any atom is -0.458 e. The van der Waals surface area contributed by atoms with E-state index in [9.17, 15) is 9.59 Å². The van der Waals surface area contributed by atoms with E-state index >= 15 is 0 Å². The number of aromatic nitrogens is 1. The van der Waals surface area contributed by atoms with Crippen LogP contribution in [-0.2, 0) is 16.1 Å². The van der Waals surface area contributed by atoms with Crippen LogP contribution >= 0.6 is 23.4 Å². The molecule has 1 aromatic heterocycles. The second-order valence-corrected chi connectivity index (χ2v) is 8.30. The molecule has 1 unspecified atom stereocenters. The molecule has 1 N–H and O–H groups in total. The first-order valence-corrected chi connectivity index (χ1v) is 11.5. The van der Waals surface area contributed by atoms with Crippen molar-refractivity contribution in [2.75, 3.05) is 12.0 Å². The molecular weight excluding hydrogens is 436 g/mol. The van der Waals surface area contributed by atoms with Crippen LogP contribution in [0, 0.1) is 6.92 Å². The third-order valence-electron chi connectivity index (χ3n) is 4.53. The maximum atomic E-state index is 12.7. The number of oxazole rings is 1. The molecule has 0 aliphatic rings. The van der Waals surface area contributed by atoms with Crippen LogP contribution in [0.15, 0.2) is 59.2 Å². The number of halogens is 1. The number of ether oxygens (including phenoxy) is 1. The third-order valence-corrected chi connectivity index (χ3v) is 5.51. The summed E-state index contributed by atoms with van der Waals surface area (Å²) in [6.45, 7) is 1.95. The fraction of sp³-hybridized carbons (Fsp3) is 0.261. The Balaban J connectivity index is 1.62. The topological polar surface area (TPSA) is 81.4 Å². The lowest BCUT2D eigenvalue weighted by molar-refractivity contribution is -0.147. The van der Waals surface area contributed by atoms with Crippen LogP contribution in [-0.4, -0.2) is 34.9 Å². The Kier molecular flexibility index (Phi) is 8.14. The number of nitrogens with zero attached hydrogens (tertiary/aromatic N) is 1. The molecule has 0 radical (unpaired) electrons. The summed E-state index contributed by atoms with van der Waals surface area (Å²) in [6.07, 6.45) is 3.82. The zero-order chi connectivity index (χ0) is 22.2. The average Bonchev–Trinajstić information content (AvgIpc) is 3.24. The number of hydrogen-bond donors (Lipinski definition) is 1. The number of carbonyl (C=O) groups excluding carboxylic acids is 2. The lowest BCUT2D eigenvalue weighted by atomic mass is 10.1. The number of nitrogens with one attached hydrogen (secondary N) is 1. The van der Waals surface area contributed by atoms with E-state index in [1.165, 1.54) is 6.26 Å². The molecule has 0 bridgehead atoms. The third kappa shape index (κ3) is 6.35. The summed E-state index contributed by atoms with van der Waals surface area (Å²) in [6, 6.07) is 13.7. The second-order valence-electron chi connectivity index (χ2n) is 6.91. The molecule has 0 aliphatic carbocycles. The maximum Gasteiger partial charge on any atom is 0.329 e. The number of esters is 1. The van der Waals surface area contributed by atoms with Gasteiger partial charge in [0.15, 0.2) is 0 Å². The summed E-state index contributed by atoms with van der Waals surface area (Å²) in [7, 11) is 0. The maximum absolute atomic E-state index is 12.7. The molecule has 31 heavy (non-hydrogen) atoms. The summed E-state index contributed by atoms with van der Waals surface area (Å²) in [5.74, 6) is 0.187. The van der Waals surface area contributed by atoms with Crippen LogP contribution in [0.4, 0.5) is 0 Å². The molecule has 0 fully saturated rings. The van der Waals surface area contributed by atoms with Gasteiger partial charge < -0.3 is 14.5 Å². The Morgan fingerprint density at radius 1 is 1.19 bits per heavy atom. The Hall–Kier alpha value is -2.77. The summed E-state index contributed by atoms with van der Waals surface area (Å²) in [4.78, 5) is 29.6. The van der Waals surface area contributed by atoms with Crippen molar-refractivity contribution in [1.82, 2.24) is 10.3 Å². The van der Waals surface area contributed by atoms with Gasteiger partial charge in [-0.25, -0.2) is 9.78 Å². The van der Waals surface area contributed by atoms with Crippen LogP contribution < -0.4 is 5.32 Å². The zero-order valence-corrected chi connectivity index (χ0v) is 18.8. The van der Waals surface area contributed by atoms with Gasteiger partial charge in [0.1, 0.15) is 24.6 Å². The van der Waals surface area contributed by atoms with Crippen molar-refractivity contribution in [1.29, 1.82) is 0 Å². The highest BCUT2D eigenvalue weighted by molar-refractivity contribution is 7.98. The van der Waals surface area contributed by atoms with Crippen molar-refractivity contribution in [2.24, 2.45) is 0 Å². The lowest BCUT2D eigenvalue weighted by Crippen LogP contribution is -2.42. The second kappa shape index (κ2) is 11.0. The molecule has 1 atom stereocenters. The van der Waals surface area contributed by atoms with E-state index in [1.807, 2.05) is 37.4 Å². The highest BCUT2D eigenvalue weighted by Crippen LogP contribution is 2.20. The molecule has 0 saturated heterocycles. The van der Waals surface area contributed by atoms with Gasteiger partial charge in [-0.2, -0.15) is 11.8 Å². The van der Waals surface area contributed by atoms with Gasteiger partial charge in [-0.15, -0.1) is 0 Å². The molecule has 6 nitrogen and oxygen atoms in total. The van der Waals surface area contributed by atoms with Crippen molar-refractivity contribution >= 4 is 35.2 Å². The molecular formula is C23H23ClN2O4S. The molecule has 162 valence electrons. The van der Waals surface area contributed by atoms with E-state index in [1.54, 1.807) is 36.0 Å². The van der Waals surface area contributed by atoms with Crippen molar-refractivity contribution in [3.05, 3.63) is 76.6 Å². The van der Waals surface area contributed by atoms with Gasteiger partial charge in [0.2, 0.25) is 5.89 Å². The zero-order valence-electron chi connectivity index (χ0n) is 17.3. The molecule has 0 saturated carbocycles. The first-order valence-electron chi connectivity index (χ1n) is 9.70. The number of rotatable bonds is 9. The van der Waals surface area contributed by atoms with Gasteiger partial charge >= 0.3 is 5.97 Å². The van der Waals surface area contributed by atoms with Gasteiger partial charge in [0, 0.05) is 5.56 Å². The molecule has 0 aliphatic heterocycles.